The number of hydrogen-bond acceptors (Lipinski definition) is 2. The molecule has 0 saturated heterocycles. The summed E-state index contributed by atoms with van der Waals surface area (Å²) in [5.74, 6) is 0. The minimum absolute atomic E-state index is 0.675. The van der Waals surface area contributed by atoms with Crippen molar-refractivity contribution in [3.63, 3.8) is 0 Å². The third kappa shape index (κ3) is 7.34. The quantitative estimate of drug-likeness (QED) is 0.647. The molecule has 0 aromatic carbocycles. The minimum atomic E-state index is 0.675. The highest BCUT2D eigenvalue weighted by atomic mass is 15.1. The van der Waals surface area contributed by atoms with Gasteiger partial charge in [-0.1, -0.05) is 6.92 Å². The highest BCUT2D eigenvalue weighted by Gasteiger charge is 2.04. The summed E-state index contributed by atoms with van der Waals surface area (Å²) in [6, 6.07) is 1.35. The third-order valence-electron chi connectivity index (χ3n) is 2.77. The second-order valence-electron chi connectivity index (χ2n) is 4.57. The molecule has 14 heavy (non-hydrogen) atoms. The molecule has 0 amide bonds. The molecule has 2 heteroatoms. The van der Waals surface area contributed by atoms with E-state index in [1.54, 1.807) is 0 Å². The van der Waals surface area contributed by atoms with Crippen molar-refractivity contribution in [2.75, 3.05) is 20.1 Å². The Labute approximate surface area is 90.1 Å². The van der Waals surface area contributed by atoms with Gasteiger partial charge in [-0.3, -0.25) is 0 Å². The van der Waals surface area contributed by atoms with Crippen molar-refractivity contribution in [3.8, 4) is 0 Å². The monoisotopic (exact) mass is 200 g/mol. The molecular weight excluding hydrogens is 172 g/mol. The molecule has 0 saturated carbocycles. The van der Waals surface area contributed by atoms with Crippen LogP contribution in [0.15, 0.2) is 0 Å². The van der Waals surface area contributed by atoms with Crippen molar-refractivity contribution < 1.29 is 0 Å². The second kappa shape index (κ2) is 8.25. The minimum Gasteiger partial charge on any atom is -0.314 e. The van der Waals surface area contributed by atoms with E-state index in [0.717, 1.165) is 6.54 Å². The van der Waals surface area contributed by atoms with E-state index in [1.165, 1.54) is 25.8 Å². The Bertz CT molecular complexity index is 123. The molecule has 0 aliphatic rings. The lowest BCUT2D eigenvalue weighted by atomic mass is 10.1. The average Bonchev–Trinajstić information content (AvgIpc) is 2.14. The predicted molar refractivity (Wildman–Crippen MR) is 64.8 cm³/mol. The van der Waals surface area contributed by atoms with Crippen molar-refractivity contribution in [1.29, 1.82) is 0 Å². The smallest absolute Gasteiger partial charge is 0.00391 e. The Morgan fingerprint density at radius 2 is 1.86 bits per heavy atom. The standard InChI is InChI=1S/C12H28N2/c1-6-9-13-12(4)8-7-10-14(5)11(2)3/h11-13H,6-10H2,1-5H3. The van der Waals surface area contributed by atoms with Gasteiger partial charge in [0.15, 0.2) is 0 Å². The summed E-state index contributed by atoms with van der Waals surface area (Å²) in [6.07, 6.45) is 3.82. The van der Waals surface area contributed by atoms with E-state index in [9.17, 15) is 0 Å². The molecule has 0 rings (SSSR count). The lowest BCUT2D eigenvalue weighted by Crippen LogP contribution is -2.30. The van der Waals surface area contributed by atoms with E-state index in [0.29, 0.717) is 12.1 Å². The van der Waals surface area contributed by atoms with Crippen molar-refractivity contribution in [2.45, 2.75) is 59.0 Å². The van der Waals surface area contributed by atoms with Gasteiger partial charge in [-0.2, -0.15) is 0 Å². The molecule has 1 atom stereocenters. The molecule has 86 valence electrons. The number of nitrogens with zero attached hydrogens (tertiary/aromatic N) is 1. The van der Waals surface area contributed by atoms with Crippen LogP contribution in [0.25, 0.3) is 0 Å². The van der Waals surface area contributed by atoms with Crippen molar-refractivity contribution in [3.05, 3.63) is 0 Å². The first kappa shape index (κ1) is 13.9. The first-order valence-electron chi connectivity index (χ1n) is 6.01. The summed E-state index contributed by atoms with van der Waals surface area (Å²) in [6.45, 7) is 11.4. The van der Waals surface area contributed by atoms with E-state index in [4.69, 9.17) is 0 Å². The first-order chi connectivity index (χ1) is 6.57. The molecule has 0 aromatic heterocycles. The molecule has 0 aliphatic carbocycles. The maximum Gasteiger partial charge on any atom is 0.00391 e. The predicted octanol–water partition coefficient (Wildman–Crippen LogP) is 2.49. The van der Waals surface area contributed by atoms with E-state index in [1.807, 2.05) is 0 Å². The fourth-order valence-electron chi connectivity index (χ4n) is 1.40. The van der Waals surface area contributed by atoms with Crippen LogP contribution >= 0.6 is 0 Å². The first-order valence-corrected chi connectivity index (χ1v) is 6.01. The van der Waals surface area contributed by atoms with Gasteiger partial charge in [-0.05, 0) is 60.2 Å². The van der Waals surface area contributed by atoms with Gasteiger partial charge in [0.2, 0.25) is 0 Å². The summed E-state index contributed by atoms with van der Waals surface area (Å²) >= 11 is 0. The summed E-state index contributed by atoms with van der Waals surface area (Å²) < 4.78 is 0. The van der Waals surface area contributed by atoms with Gasteiger partial charge in [-0.25, -0.2) is 0 Å². The van der Waals surface area contributed by atoms with Crippen LogP contribution < -0.4 is 5.32 Å². The Morgan fingerprint density at radius 1 is 1.21 bits per heavy atom. The van der Waals surface area contributed by atoms with Crippen molar-refractivity contribution >= 4 is 0 Å². The third-order valence-corrected chi connectivity index (χ3v) is 2.77. The van der Waals surface area contributed by atoms with Gasteiger partial charge in [0.05, 0.1) is 0 Å². The summed E-state index contributed by atoms with van der Waals surface area (Å²) in [5, 5.41) is 3.52. The van der Waals surface area contributed by atoms with Crippen LogP contribution in [0.4, 0.5) is 0 Å². The lowest BCUT2D eigenvalue weighted by molar-refractivity contribution is 0.264. The zero-order valence-electron chi connectivity index (χ0n) is 10.6. The van der Waals surface area contributed by atoms with Crippen LogP contribution in [-0.2, 0) is 0 Å². The zero-order chi connectivity index (χ0) is 11.0. The van der Waals surface area contributed by atoms with Gasteiger partial charge in [0, 0.05) is 12.1 Å². The fraction of sp³-hybridized carbons (Fsp3) is 1.00. The SMILES string of the molecule is CCCNC(C)CCCN(C)C(C)C. The molecule has 2 nitrogen and oxygen atoms in total. The normalized spacial score (nSPS) is 13.9. The molecule has 1 unspecified atom stereocenters. The van der Waals surface area contributed by atoms with Gasteiger partial charge in [-0.15, -0.1) is 0 Å². The maximum atomic E-state index is 3.52. The molecular formula is C12H28N2. The zero-order valence-corrected chi connectivity index (χ0v) is 10.6. The number of hydrogen-bond donors (Lipinski definition) is 1. The molecule has 1 N–H and O–H groups in total. The van der Waals surface area contributed by atoms with Crippen LogP contribution in [0, 0.1) is 0 Å². The molecule has 0 fully saturated rings. The van der Waals surface area contributed by atoms with Crippen molar-refractivity contribution in [2.24, 2.45) is 0 Å². The van der Waals surface area contributed by atoms with Gasteiger partial charge in [0.1, 0.15) is 0 Å². The Hall–Kier alpha value is -0.0800. The Kier molecular flexibility index (Phi) is 8.20. The molecule has 0 bridgehead atoms. The summed E-state index contributed by atoms with van der Waals surface area (Å²) in [7, 11) is 2.20. The van der Waals surface area contributed by atoms with Gasteiger partial charge in [0.25, 0.3) is 0 Å². The highest BCUT2D eigenvalue weighted by Crippen LogP contribution is 2.01. The molecule has 0 aromatic rings. The van der Waals surface area contributed by atoms with Crippen LogP contribution in [0.1, 0.15) is 47.0 Å². The molecule has 0 heterocycles. The van der Waals surface area contributed by atoms with Gasteiger partial charge < -0.3 is 10.2 Å². The van der Waals surface area contributed by atoms with Crippen LogP contribution in [-0.4, -0.2) is 37.1 Å². The van der Waals surface area contributed by atoms with E-state index >= 15 is 0 Å². The maximum absolute atomic E-state index is 3.52. The van der Waals surface area contributed by atoms with E-state index in [2.05, 4.69) is 45.0 Å². The van der Waals surface area contributed by atoms with Gasteiger partial charge >= 0.3 is 0 Å². The van der Waals surface area contributed by atoms with Crippen LogP contribution in [0.3, 0.4) is 0 Å². The molecule has 0 radical (unpaired) electrons. The molecule has 0 aliphatic heterocycles. The number of rotatable bonds is 8. The Morgan fingerprint density at radius 3 is 2.36 bits per heavy atom. The van der Waals surface area contributed by atoms with Crippen LogP contribution in [0.5, 0.6) is 0 Å². The van der Waals surface area contributed by atoms with E-state index < -0.39 is 0 Å². The number of nitrogens with one attached hydrogen (secondary N) is 1. The van der Waals surface area contributed by atoms with E-state index in [-0.39, 0.29) is 0 Å². The molecule has 0 spiro atoms. The average molecular weight is 200 g/mol. The summed E-state index contributed by atoms with van der Waals surface area (Å²) in [4.78, 5) is 2.41. The topological polar surface area (TPSA) is 15.3 Å². The lowest BCUT2D eigenvalue weighted by Gasteiger charge is -2.22. The summed E-state index contributed by atoms with van der Waals surface area (Å²) in [5.41, 5.74) is 0. The highest BCUT2D eigenvalue weighted by molar-refractivity contribution is 4.63. The fourth-order valence-corrected chi connectivity index (χ4v) is 1.40. The van der Waals surface area contributed by atoms with Crippen LogP contribution in [0.2, 0.25) is 0 Å². The van der Waals surface area contributed by atoms with Crippen molar-refractivity contribution in [1.82, 2.24) is 10.2 Å². The second-order valence-corrected chi connectivity index (χ2v) is 4.57. The largest absolute Gasteiger partial charge is 0.314 e. The Balaban J connectivity index is 3.34.